The van der Waals surface area contributed by atoms with Crippen LogP contribution in [0.3, 0.4) is 0 Å². The molecule has 0 amide bonds. The van der Waals surface area contributed by atoms with Crippen LogP contribution in [0.25, 0.3) is 0 Å². The highest BCUT2D eigenvalue weighted by Crippen LogP contribution is 2.33. The van der Waals surface area contributed by atoms with Gasteiger partial charge in [-0.1, -0.05) is 6.07 Å². The third kappa shape index (κ3) is 4.73. The van der Waals surface area contributed by atoms with Crippen LogP contribution in [-0.4, -0.2) is 49.5 Å². The molecule has 21 heavy (non-hydrogen) atoms. The number of rotatable bonds is 6. The minimum absolute atomic E-state index is 0. The zero-order chi connectivity index (χ0) is 14.4. The summed E-state index contributed by atoms with van der Waals surface area (Å²) in [6.45, 7) is 5.71. The first kappa shape index (κ1) is 18.0. The predicted molar refractivity (Wildman–Crippen MR) is 84.3 cm³/mol. The van der Waals surface area contributed by atoms with Gasteiger partial charge in [0.2, 0.25) is 0 Å². The Bertz CT molecular complexity index is 428. The predicted octanol–water partition coefficient (Wildman–Crippen LogP) is 2.52. The lowest BCUT2D eigenvalue weighted by molar-refractivity contribution is 0.157. The fourth-order valence-electron chi connectivity index (χ4n) is 2.67. The summed E-state index contributed by atoms with van der Waals surface area (Å²) >= 11 is 0. The van der Waals surface area contributed by atoms with Gasteiger partial charge in [-0.25, -0.2) is 0 Å². The van der Waals surface area contributed by atoms with E-state index in [-0.39, 0.29) is 30.9 Å². The van der Waals surface area contributed by atoms with Crippen LogP contribution in [0.15, 0.2) is 18.2 Å². The number of nitrogens with one attached hydrogen (secondary N) is 1. The molecule has 0 aromatic heterocycles. The maximum Gasteiger partial charge on any atom is 0.161 e. The lowest BCUT2D eigenvalue weighted by atomic mass is 10.0. The molecule has 0 unspecified atom stereocenters. The molecule has 0 aliphatic carbocycles. The number of piperazine rings is 1. The molecule has 1 aromatic rings. The summed E-state index contributed by atoms with van der Waals surface area (Å²) in [7, 11) is 0. The number of aromatic hydroxyl groups is 1. The van der Waals surface area contributed by atoms with E-state index in [1.165, 1.54) is 0 Å². The van der Waals surface area contributed by atoms with E-state index >= 15 is 0 Å². The quantitative estimate of drug-likeness (QED) is 0.846. The van der Waals surface area contributed by atoms with Crippen LogP contribution in [0.1, 0.15) is 24.9 Å². The maximum absolute atomic E-state index is 12.9. The molecule has 2 rings (SSSR count). The van der Waals surface area contributed by atoms with Crippen LogP contribution in [-0.2, 0) is 0 Å². The molecule has 0 radical (unpaired) electrons. The van der Waals surface area contributed by atoms with Gasteiger partial charge in [0.05, 0.1) is 13.3 Å². The largest absolute Gasteiger partial charge is 0.504 e. The normalized spacial score (nSPS) is 17.0. The molecule has 1 heterocycles. The molecule has 0 bridgehead atoms. The summed E-state index contributed by atoms with van der Waals surface area (Å²) in [5.74, 6) is 0.610. The maximum atomic E-state index is 12.9. The Morgan fingerprint density at radius 2 is 2.10 bits per heavy atom. The first-order chi connectivity index (χ1) is 9.76. The summed E-state index contributed by atoms with van der Waals surface area (Å²) in [5.41, 5.74) is 1.01. The van der Waals surface area contributed by atoms with E-state index in [9.17, 15) is 9.50 Å². The Labute approximate surface area is 131 Å². The molecule has 0 spiro atoms. The number of nitrogens with zero attached hydrogens (tertiary/aromatic N) is 1. The third-order valence-corrected chi connectivity index (χ3v) is 3.64. The Morgan fingerprint density at radius 1 is 1.38 bits per heavy atom. The fraction of sp³-hybridized carbons (Fsp3) is 0.600. The zero-order valence-electron chi connectivity index (χ0n) is 12.3. The Balaban J connectivity index is 0.00000220. The monoisotopic (exact) mass is 318 g/mol. The van der Waals surface area contributed by atoms with Crippen molar-refractivity contribution in [2.24, 2.45) is 0 Å². The van der Waals surface area contributed by atoms with Gasteiger partial charge in [-0.2, -0.15) is 0 Å². The van der Waals surface area contributed by atoms with Gasteiger partial charge in [0, 0.05) is 32.2 Å². The van der Waals surface area contributed by atoms with Crippen molar-refractivity contribution in [1.82, 2.24) is 10.2 Å². The van der Waals surface area contributed by atoms with Gasteiger partial charge >= 0.3 is 0 Å². The third-order valence-electron chi connectivity index (χ3n) is 3.64. The summed E-state index contributed by atoms with van der Waals surface area (Å²) < 4.78 is 18.3. The minimum Gasteiger partial charge on any atom is -0.504 e. The number of benzene rings is 1. The number of halogens is 2. The molecular weight excluding hydrogens is 295 g/mol. The zero-order valence-corrected chi connectivity index (χ0v) is 13.2. The summed E-state index contributed by atoms with van der Waals surface area (Å²) in [6.07, 6.45) is 0.469. The molecule has 4 nitrogen and oxygen atoms in total. The van der Waals surface area contributed by atoms with Gasteiger partial charge in [0.1, 0.15) is 0 Å². The van der Waals surface area contributed by atoms with Crippen molar-refractivity contribution in [3.63, 3.8) is 0 Å². The van der Waals surface area contributed by atoms with Gasteiger partial charge in [-0.3, -0.25) is 9.29 Å². The fourth-order valence-corrected chi connectivity index (χ4v) is 2.67. The van der Waals surface area contributed by atoms with Crippen LogP contribution < -0.4 is 10.1 Å². The van der Waals surface area contributed by atoms with Crippen molar-refractivity contribution in [3.8, 4) is 11.5 Å². The van der Waals surface area contributed by atoms with E-state index in [1.807, 2.05) is 19.1 Å². The molecule has 120 valence electrons. The van der Waals surface area contributed by atoms with Crippen LogP contribution in [0, 0.1) is 0 Å². The molecule has 1 saturated heterocycles. The number of phenols is 1. The second kappa shape index (κ2) is 9.07. The molecule has 1 atom stereocenters. The van der Waals surface area contributed by atoms with Crippen molar-refractivity contribution in [2.75, 3.05) is 39.5 Å². The first-order valence-electron chi connectivity index (χ1n) is 7.22. The van der Waals surface area contributed by atoms with Crippen molar-refractivity contribution in [2.45, 2.75) is 19.4 Å². The number of alkyl halides is 1. The smallest absolute Gasteiger partial charge is 0.161 e. The number of hydrogen-bond donors (Lipinski definition) is 2. The summed E-state index contributed by atoms with van der Waals surface area (Å²) in [6, 6.07) is 5.37. The van der Waals surface area contributed by atoms with Crippen molar-refractivity contribution >= 4 is 12.4 Å². The highest BCUT2D eigenvalue weighted by molar-refractivity contribution is 5.85. The lowest BCUT2D eigenvalue weighted by Gasteiger charge is -2.35. The second-order valence-corrected chi connectivity index (χ2v) is 4.94. The molecular formula is C15H24ClFN2O2. The van der Waals surface area contributed by atoms with Crippen molar-refractivity contribution in [3.05, 3.63) is 23.8 Å². The van der Waals surface area contributed by atoms with E-state index in [2.05, 4.69) is 10.2 Å². The highest BCUT2D eigenvalue weighted by Gasteiger charge is 2.22. The van der Waals surface area contributed by atoms with Gasteiger partial charge < -0.3 is 15.2 Å². The van der Waals surface area contributed by atoms with Gasteiger partial charge in [0.25, 0.3) is 0 Å². The summed E-state index contributed by atoms with van der Waals surface area (Å²) in [4.78, 5) is 2.29. The standard InChI is InChI=1S/C15H23FN2O2.ClH/c1-2-20-15-11-12(3-4-14(15)19)13(5-6-16)18-9-7-17-8-10-18;/h3-4,11,13,17,19H,2,5-10H2,1H3;1H/t13-;/m1./s1. The van der Waals surface area contributed by atoms with Crippen molar-refractivity contribution in [1.29, 1.82) is 0 Å². The van der Waals surface area contributed by atoms with Gasteiger partial charge in [-0.05, 0) is 31.0 Å². The number of phenolic OH excluding ortho intramolecular Hbond substituents is 1. The van der Waals surface area contributed by atoms with E-state index in [1.54, 1.807) is 6.07 Å². The number of hydrogen-bond acceptors (Lipinski definition) is 4. The van der Waals surface area contributed by atoms with Crippen molar-refractivity contribution < 1.29 is 14.2 Å². The molecule has 0 saturated carbocycles. The SMILES string of the molecule is CCOc1cc([C@@H](CCF)N2CCNCC2)ccc1O.Cl. The minimum atomic E-state index is -0.348. The second-order valence-electron chi connectivity index (χ2n) is 4.94. The average Bonchev–Trinajstić information content (AvgIpc) is 2.48. The molecule has 1 aromatic carbocycles. The number of ether oxygens (including phenoxy) is 1. The average molecular weight is 319 g/mol. The topological polar surface area (TPSA) is 44.7 Å². The Hall–Kier alpha value is -1.04. The van der Waals surface area contributed by atoms with Crippen LogP contribution >= 0.6 is 12.4 Å². The molecule has 1 aliphatic rings. The first-order valence-corrected chi connectivity index (χ1v) is 7.22. The molecule has 1 aliphatic heterocycles. The molecule has 6 heteroatoms. The van der Waals surface area contributed by atoms with E-state index in [0.717, 1.165) is 31.7 Å². The van der Waals surface area contributed by atoms with E-state index < -0.39 is 0 Å². The van der Waals surface area contributed by atoms with Gasteiger partial charge in [-0.15, -0.1) is 12.4 Å². The Morgan fingerprint density at radius 3 is 2.71 bits per heavy atom. The molecule has 1 fully saturated rings. The highest BCUT2D eigenvalue weighted by atomic mass is 35.5. The van der Waals surface area contributed by atoms with Crippen LogP contribution in [0.2, 0.25) is 0 Å². The van der Waals surface area contributed by atoms with Crippen LogP contribution in [0.4, 0.5) is 4.39 Å². The lowest BCUT2D eigenvalue weighted by Crippen LogP contribution is -2.45. The van der Waals surface area contributed by atoms with E-state index in [4.69, 9.17) is 4.74 Å². The molecule has 2 N–H and O–H groups in total. The van der Waals surface area contributed by atoms with E-state index in [0.29, 0.717) is 18.8 Å². The van der Waals surface area contributed by atoms with Gasteiger partial charge in [0.15, 0.2) is 11.5 Å². The summed E-state index contributed by atoms with van der Waals surface area (Å²) in [5, 5.41) is 13.1. The van der Waals surface area contributed by atoms with Crippen LogP contribution in [0.5, 0.6) is 11.5 Å². The Kier molecular flexibility index (Phi) is 7.78.